The van der Waals surface area contributed by atoms with E-state index in [1.165, 1.54) is 18.3 Å². The van der Waals surface area contributed by atoms with E-state index in [4.69, 9.17) is 0 Å². The van der Waals surface area contributed by atoms with Gasteiger partial charge in [-0.05, 0) is 24.1 Å². The number of halogens is 3. The van der Waals surface area contributed by atoms with Crippen molar-refractivity contribution in [3.05, 3.63) is 59.5 Å². The second-order valence-corrected chi connectivity index (χ2v) is 4.74. The summed E-state index contributed by atoms with van der Waals surface area (Å²) in [7, 11) is 0. The van der Waals surface area contributed by atoms with Crippen LogP contribution >= 0.6 is 0 Å². The highest BCUT2D eigenvalue weighted by atomic mass is 19.3. The van der Waals surface area contributed by atoms with Gasteiger partial charge in [-0.3, -0.25) is 0 Å². The van der Waals surface area contributed by atoms with Gasteiger partial charge in [-0.1, -0.05) is 25.1 Å². The van der Waals surface area contributed by atoms with Crippen molar-refractivity contribution in [3.63, 3.8) is 0 Å². The summed E-state index contributed by atoms with van der Waals surface area (Å²) in [5.74, 6) is -0.397. The third-order valence-electron chi connectivity index (χ3n) is 3.25. The summed E-state index contributed by atoms with van der Waals surface area (Å²) >= 11 is 0. The van der Waals surface area contributed by atoms with Gasteiger partial charge in [0.05, 0.1) is 0 Å². The molecule has 0 aliphatic carbocycles. The Morgan fingerprint density at radius 2 is 2.00 bits per heavy atom. The van der Waals surface area contributed by atoms with Crippen LogP contribution in [0.15, 0.2) is 42.6 Å². The molecule has 2 aromatic rings. The lowest BCUT2D eigenvalue weighted by Gasteiger charge is -2.18. The standard InChI is InChI=1S/C16H17F3N2O/c1-2-14(12-5-3-4-6-13(12)17)21-10-11-7-8-20-15(9-11)22-16(18)19/h3-9,14,16,21H,2,10H2,1H3. The maximum Gasteiger partial charge on any atom is 0.388 e. The number of rotatable bonds is 7. The maximum absolute atomic E-state index is 13.8. The highest BCUT2D eigenvalue weighted by Crippen LogP contribution is 2.21. The van der Waals surface area contributed by atoms with E-state index < -0.39 is 6.61 Å². The van der Waals surface area contributed by atoms with E-state index in [1.54, 1.807) is 24.3 Å². The average Bonchev–Trinajstić information content (AvgIpc) is 2.49. The Morgan fingerprint density at radius 1 is 1.23 bits per heavy atom. The molecule has 2 rings (SSSR count). The van der Waals surface area contributed by atoms with Gasteiger partial charge in [-0.2, -0.15) is 8.78 Å². The molecule has 1 heterocycles. The Balaban J connectivity index is 2.03. The quantitative estimate of drug-likeness (QED) is 0.837. The molecule has 0 amide bonds. The van der Waals surface area contributed by atoms with Crippen molar-refractivity contribution in [1.29, 1.82) is 0 Å². The number of hydrogen-bond donors (Lipinski definition) is 1. The fraction of sp³-hybridized carbons (Fsp3) is 0.312. The number of aromatic nitrogens is 1. The van der Waals surface area contributed by atoms with Crippen molar-refractivity contribution < 1.29 is 17.9 Å². The van der Waals surface area contributed by atoms with E-state index in [9.17, 15) is 13.2 Å². The second-order valence-electron chi connectivity index (χ2n) is 4.74. The molecule has 22 heavy (non-hydrogen) atoms. The van der Waals surface area contributed by atoms with E-state index in [0.717, 1.165) is 5.56 Å². The van der Waals surface area contributed by atoms with E-state index in [0.29, 0.717) is 18.5 Å². The topological polar surface area (TPSA) is 34.2 Å². The van der Waals surface area contributed by atoms with E-state index in [2.05, 4.69) is 15.0 Å². The summed E-state index contributed by atoms with van der Waals surface area (Å²) in [5, 5.41) is 3.21. The zero-order chi connectivity index (χ0) is 15.9. The number of pyridine rings is 1. The van der Waals surface area contributed by atoms with Crippen molar-refractivity contribution in [2.45, 2.75) is 32.5 Å². The van der Waals surface area contributed by atoms with Crippen LogP contribution in [0.2, 0.25) is 0 Å². The molecule has 0 saturated carbocycles. The Kier molecular flexibility index (Phi) is 5.77. The third-order valence-corrected chi connectivity index (χ3v) is 3.25. The first kappa shape index (κ1) is 16.3. The van der Waals surface area contributed by atoms with Gasteiger partial charge in [-0.15, -0.1) is 0 Å². The second kappa shape index (κ2) is 7.79. The van der Waals surface area contributed by atoms with E-state index in [-0.39, 0.29) is 17.7 Å². The first-order chi connectivity index (χ1) is 10.6. The normalized spacial score (nSPS) is 12.4. The van der Waals surface area contributed by atoms with Crippen molar-refractivity contribution in [1.82, 2.24) is 10.3 Å². The highest BCUT2D eigenvalue weighted by Gasteiger charge is 2.13. The van der Waals surface area contributed by atoms with Crippen molar-refractivity contribution >= 4 is 0 Å². The van der Waals surface area contributed by atoms with Gasteiger partial charge in [-0.25, -0.2) is 9.37 Å². The molecule has 118 valence electrons. The molecule has 1 aromatic heterocycles. The van der Waals surface area contributed by atoms with Crippen LogP contribution < -0.4 is 10.1 Å². The summed E-state index contributed by atoms with van der Waals surface area (Å²) in [6.07, 6.45) is 2.10. The zero-order valence-electron chi connectivity index (χ0n) is 12.1. The van der Waals surface area contributed by atoms with Crippen LogP contribution in [0, 0.1) is 5.82 Å². The van der Waals surface area contributed by atoms with Crippen molar-refractivity contribution in [3.8, 4) is 5.88 Å². The molecule has 1 atom stereocenters. The maximum atomic E-state index is 13.8. The van der Waals surface area contributed by atoms with Crippen LogP contribution in [0.5, 0.6) is 5.88 Å². The third kappa shape index (κ3) is 4.46. The molecular weight excluding hydrogens is 293 g/mol. The molecule has 0 aliphatic heterocycles. The summed E-state index contributed by atoms with van der Waals surface area (Å²) in [6.45, 7) is -0.561. The molecule has 1 N–H and O–H groups in total. The molecule has 1 aromatic carbocycles. The predicted molar refractivity (Wildman–Crippen MR) is 77.1 cm³/mol. The van der Waals surface area contributed by atoms with Crippen LogP contribution in [0.1, 0.15) is 30.5 Å². The first-order valence-corrected chi connectivity index (χ1v) is 6.97. The van der Waals surface area contributed by atoms with Crippen LogP contribution in [0.4, 0.5) is 13.2 Å². The molecule has 3 nitrogen and oxygen atoms in total. The monoisotopic (exact) mass is 310 g/mol. The van der Waals surface area contributed by atoms with Crippen LogP contribution in [-0.4, -0.2) is 11.6 Å². The van der Waals surface area contributed by atoms with Gasteiger partial charge in [0.2, 0.25) is 5.88 Å². The number of benzene rings is 1. The van der Waals surface area contributed by atoms with Crippen molar-refractivity contribution in [2.24, 2.45) is 0 Å². The lowest BCUT2D eigenvalue weighted by molar-refractivity contribution is -0.0528. The van der Waals surface area contributed by atoms with Gasteiger partial charge in [0, 0.05) is 30.4 Å². The number of ether oxygens (including phenoxy) is 1. The largest absolute Gasteiger partial charge is 0.417 e. The lowest BCUT2D eigenvalue weighted by atomic mass is 10.0. The Labute approximate surface area is 127 Å². The highest BCUT2D eigenvalue weighted by molar-refractivity contribution is 5.23. The minimum atomic E-state index is -2.91. The van der Waals surface area contributed by atoms with Gasteiger partial charge in [0.25, 0.3) is 0 Å². The number of nitrogens with one attached hydrogen (secondary N) is 1. The number of nitrogens with zero attached hydrogens (tertiary/aromatic N) is 1. The van der Waals surface area contributed by atoms with E-state index in [1.807, 2.05) is 6.92 Å². The van der Waals surface area contributed by atoms with Gasteiger partial charge >= 0.3 is 6.61 Å². The minimum absolute atomic E-state index is 0.131. The molecule has 1 unspecified atom stereocenters. The summed E-state index contributed by atoms with van der Waals surface area (Å²) < 4.78 is 42.4. The molecule has 6 heteroatoms. The fourth-order valence-electron chi connectivity index (χ4n) is 2.19. The minimum Gasteiger partial charge on any atom is -0.417 e. The first-order valence-electron chi connectivity index (χ1n) is 6.97. The van der Waals surface area contributed by atoms with Crippen LogP contribution in [-0.2, 0) is 6.54 Å². The van der Waals surface area contributed by atoms with Gasteiger partial charge < -0.3 is 10.1 Å². The predicted octanol–water partition coefficient (Wildman–Crippen LogP) is 4.06. The van der Waals surface area contributed by atoms with Crippen molar-refractivity contribution in [2.75, 3.05) is 0 Å². The van der Waals surface area contributed by atoms with Gasteiger partial charge in [0.15, 0.2) is 0 Å². The van der Waals surface area contributed by atoms with E-state index >= 15 is 0 Å². The molecule has 0 radical (unpaired) electrons. The summed E-state index contributed by atoms with van der Waals surface area (Å²) in [4.78, 5) is 3.71. The van der Waals surface area contributed by atoms with Crippen LogP contribution in [0.3, 0.4) is 0 Å². The molecular formula is C16H17F3N2O. The Morgan fingerprint density at radius 3 is 2.68 bits per heavy atom. The van der Waals surface area contributed by atoms with Gasteiger partial charge in [0.1, 0.15) is 5.82 Å². The fourth-order valence-corrected chi connectivity index (χ4v) is 2.19. The zero-order valence-corrected chi connectivity index (χ0v) is 12.1. The SMILES string of the molecule is CCC(NCc1ccnc(OC(F)F)c1)c1ccccc1F. The molecule has 0 fully saturated rings. The summed E-state index contributed by atoms with van der Waals surface area (Å²) in [5.41, 5.74) is 1.32. The molecule has 0 aliphatic rings. The molecule has 0 spiro atoms. The summed E-state index contributed by atoms with van der Waals surface area (Å²) in [6, 6.07) is 9.54. The average molecular weight is 310 g/mol. The molecule has 0 saturated heterocycles. The lowest BCUT2D eigenvalue weighted by Crippen LogP contribution is -2.21. The van der Waals surface area contributed by atoms with Crippen LogP contribution in [0.25, 0.3) is 0 Å². The smallest absolute Gasteiger partial charge is 0.388 e. The Hall–Kier alpha value is -2.08. The Bertz CT molecular complexity index is 607. The number of hydrogen-bond acceptors (Lipinski definition) is 3. The number of alkyl halides is 2. The molecule has 0 bridgehead atoms.